The van der Waals surface area contributed by atoms with E-state index in [1.165, 1.54) is 6.07 Å². The molecule has 1 saturated heterocycles. The minimum absolute atomic E-state index is 0.0432. The predicted molar refractivity (Wildman–Crippen MR) is 73.8 cm³/mol. The van der Waals surface area contributed by atoms with Crippen molar-refractivity contribution in [3.8, 4) is 0 Å². The van der Waals surface area contributed by atoms with Gasteiger partial charge in [0.15, 0.2) is 0 Å². The number of hydrogen-bond donors (Lipinski definition) is 2. The maximum atomic E-state index is 12.3. The molecule has 0 spiro atoms. The molecule has 1 aromatic heterocycles. The van der Waals surface area contributed by atoms with E-state index in [1.54, 1.807) is 6.07 Å². The van der Waals surface area contributed by atoms with Crippen LogP contribution in [-0.4, -0.2) is 48.6 Å². The predicted octanol–water partition coefficient (Wildman–Crippen LogP) is 1.52. The highest BCUT2D eigenvalue weighted by atomic mass is 32.1. The van der Waals surface area contributed by atoms with Crippen LogP contribution in [0.4, 0.5) is 0 Å². The van der Waals surface area contributed by atoms with Crippen LogP contribution >= 0.6 is 11.3 Å². The van der Waals surface area contributed by atoms with Crippen molar-refractivity contribution in [3.63, 3.8) is 0 Å². The van der Waals surface area contributed by atoms with Crippen LogP contribution in [0, 0.1) is 5.92 Å². The fourth-order valence-corrected chi connectivity index (χ4v) is 3.24. The lowest BCUT2D eigenvalue weighted by atomic mass is 9.98. The van der Waals surface area contributed by atoms with E-state index in [-0.39, 0.29) is 10.8 Å². The van der Waals surface area contributed by atoms with Crippen molar-refractivity contribution in [3.05, 3.63) is 21.9 Å². The standard InChI is InChI=1S/C13H18N2O3S/c1-14-7-9-3-2-6-15(8-9)12(16)10-4-5-11(19-10)13(17)18/h4-5,9,14H,2-3,6-8H2,1H3,(H,17,18). The van der Waals surface area contributed by atoms with Crippen molar-refractivity contribution in [2.45, 2.75) is 12.8 Å². The van der Waals surface area contributed by atoms with Crippen LogP contribution in [0.5, 0.6) is 0 Å². The van der Waals surface area contributed by atoms with Crippen LogP contribution in [0.15, 0.2) is 12.1 Å². The number of nitrogens with one attached hydrogen (secondary N) is 1. The summed E-state index contributed by atoms with van der Waals surface area (Å²) in [5.74, 6) is -0.532. The fourth-order valence-electron chi connectivity index (χ4n) is 2.43. The molecule has 1 aromatic rings. The second kappa shape index (κ2) is 6.16. The Hall–Kier alpha value is -1.40. The number of nitrogens with zero attached hydrogens (tertiary/aromatic N) is 1. The Labute approximate surface area is 116 Å². The molecule has 5 nitrogen and oxygen atoms in total. The fraction of sp³-hybridized carbons (Fsp3) is 0.538. The second-order valence-corrected chi connectivity index (χ2v) is 5.87. The van der Waals surface area contributed by atoms with Gasteiger partial charge in [0.05, 0.1) is 4.88 Å². The van der Waals surface area contributed by atoms with Crippen LogP contribution in [0.1, 0.15) is 32.2 Å². The van der Waals surface area contributed by atoms with Gasteiger partial charge in [0, 0.05) is 13.1 Å². The van der Waals surface area contributed by atoms with Gasteiger partial charge >= 0.3 is 5.97 Å². The Bertz CT molecular complexity index is 470. The average Bonchev–Trinajstić information content (AvgIpc) is 2.88. The molecule has 1 fully saturated rings. The molecule has 1 atom stereocenters. The lowest BCUT2D eigenvalue weighted by Gasteiger charge is -2.32. The number of carbonyl (C=O) groups excluding carboxylic acids is 1. The minimum Gasteiger partial charge on any atom is -0.477 e. The molecule has 1 aliphatic rings. The molecule has 2 rings (SSSR count). The third-order valence-corrected chi connectivity index (χ3v) is 4.39. The van der Waals surface area contributed by atoms with E-state index in [9.17, 15) is 9.59 Å². The van der Waals surface area contributed by atoms with E-state index in [0.717, 1.165) is 43.8 Å². The number of carbonyl (C=O) groups is 2. The van der Waals surface area contributed by atoms with Crippen molar-refractivity contribution in [1.29, 1.82) is 0 Å². The topological polar surface area (TPSA) is 69.6 Å². The van der Waals surface area contributed by atoms with Gasteiger partial charge in [-0.15, -0.1) is 11.3 Å². The smallest absolute Gasteiger partial charge is 0.345 e. The SMILES string of the molecule is CNCC1CCCN(C(=O)c2ccc(C(=O)O)s2)C1. The molecule has 1 unspecified atom stereocenters. The van der Waals surface area contributed by atoms with Gasteiger partial charge in [0.25, 0.3) is 5.91 Å². The summed E-state index contributed by atoms with van der Waals surface area (Å²) in [6.07, 6.45) is 2.14. The minimum atomic E-state index is -0.976. The molecule has 6 heteroatoms. The Morgan fingerprint density at radius 3 is 2.84 bits per heavy atom. The lowest BCUT2D eigenvalue weighted by molar-refractivity contribution is 0.0677. The van der Waals surface area contributed by atoms with E-state index in [4.69, 9.17) is 5.11 Å². The molecule has 0 aliphatic carbocycles. The van der Waals surface area contributed by atoms with Crippen LogP contribution in [0.3, 0.4) is 0 Å². The van der Waals surface area contributed by atoms with Crippen molar-refractivity contribution >= 4 is 23.2 Å². The molecule has 1 amide bonds. The number of piperidine rings is 1. The van der Waals surface area contributed by atoms with E-state index < -0.39 is 5.97 Å². The summed E-state index contributed by atoms with van der Waals surface area (Å²) in [4.78, 5) is 25.7. The van der Waals surface area contributed by atoms with Crippen LogP contribution in [0.25, 0.3) is 0 Å². The molecule has 0 bridgehead atoms. The molecular formula is C13H18N2O3S. The highest BCUT2D eigenvalue weighted by Crippen LogP contribution is 2.22. The Morgan fingerprint density at radius 1 is 1.47 bits per heavy atom. The van der Waals surface area contributed by atoms with E-state index in [1.807, 2.05) is 11.9 Å². The molecular weight excluding hydrogens is 264 g/mol. The van der Waals surface area contributed by atoms with Crippen LogP contribution < -0.4 is 5.32 Å². The molecule has 2 N–H and O–H groups in total. The number of thiophene rings is 1. The van der Waals surface area contributed by atoms with Crippen LogP contribution in [0.2, 0.25) is 0 Å². The van der Waals surface area contributed by atoms with Gasteiger partial charge in [0.1, 0.15) is 4.88 Å². The number of likely N-dealkylation sites (tertiary alicyclic amines) is 1. The van der Waals surface area contributed by atoms with Gasteiger partial charge < -0.3 is 15.3 Å². The van der Waals surface area contributed by atoms with E-state index in [2.05, 4.69) is 5.32 Å². The first-order valence-electron chi connectivity index (χ1n) is 6.39. The van der Waals surface area contributed by atoms with Gasteiger partial charge in [-0.25, -0.2) is 4.79 Å². The molecule has 2 heterocycles. The van der Waals surface area contributed by atoms with Gasteiger partial charge in [-0.3, -0.25) is 4.79 Å². The molecule has 19 heavy (non-hydrogen) atoms. The second-order valence-electron chi connectivity index (χ2n) is 4.79. The zero-order valence-corrected chi connectivity index (χ0v) is 11.7. The monoisotopic (exact) mass is 282 g/mol. The largest absolute Gasteiger partial charge is 0.477 e. The maximum Gasteiger partial charge on any atom is 0.345 e. The summed E-state index contributed by atoms with van der Waals surface area (Å²) in [5.41, 5.74) is 0. The highest BCUT2D eigenvalue weighted by molar-refractivity contribution is 7.15. The number of carboxylic acids is 1. The van der Waals surface area contributed by atoms with Crippen LogP contribution in [-0.2, 0) is 0 Å². The summed E-state index contributed by atoms with van der Waals surface area (Å²) in [6.45, 7) is 2.42. The van der Waals surface area contributed by atoms with Crippen molar-refractivity contribution in [2.75, 3.05) is 26.7 Å². The third-order valence-electron chi connectivity index (χ3n) is 3.33. The van der Waals surface area contributed by atoms with Crippen molar-refractivity contribution < 1.29 is 14.7 Å². The number of rotatable bonds is 4. The summed E-state index contributed by atoms with van der Waals surface area (Å²) in [6, 6.07) is 3.10. The normalized spacial score (nSPS) is 19.4. The molecule has 0 radical (unpaired) electrons. The number of amides is 1. The van der Waals surface area contributed by atoms with Gasteiger partial charge in [-0.05, 0) is 44.5 Å². The van der Waals surface area contributed by atoms with Gasteiger partial charge in [-0.1, -0.05) is 0 Å². The zero-order chi connectivity index (χ0) is 13.8. The molecule has 0 saturated carbocycles. The van der Waals surface area contributed by atoms with Crippen molar-refractivity contribution in [2.24, 2.45) is 5.92 Å². The number of carboxylic acid groups (broad SMARTS) is 1. The first kappa shape index (κ1) is 14.0. The summed E-state index contributed by atoms with van der Waals surface area (Å²) in [5, 5.41) is 12.0. The zero-order valence-electron chi connectivity index (χ0n) is 10.9. The maximum absolute atomic E-state index is 12.3. The summed E-state index contributed by atoms with van der Waals surface area (Å²) in [7, 11) is 1.92. The Balaban J connectivity index is 2.03. The Morgan fingerprint density at radius 2 is 2.21 bits per heavy atom. The first-order valence-corrected chi connectivity index (χ1v) is 7.20. The quantitative estimate of drug-likeness (QED) is 0.878. The first-order chi connectivity index (χ1) is 9.11. The molecule has 1 aliphatic heterocycles. The van der Waals surface area contributed by atoms with E-state index >= 15 is 0 Å². The number of aromatic carboxylic acids is 1. The van der Waals surface area contributed by atoms with Gasteiger partial charge in [0.2, 0.25) is 0 Å². The number of hydrogen-bond acceptors (Lipinski definition) is 4. The average molecular weight is 282 g/mol. The molecule has 104 valence electrons. The highest BCUT2D eigenvalue weighted by Gasteiger charge is 2.25. The summed E-state index contributed by atoms with van der Waals surface area (Å²) < 4.78 is 0. The summed E-state index contributed by atoms with van der Waals surface area (Å²) >= 11 is 1.05. The lowest BCUT2D eigenvalue weighted by Crippen LogP contribution is -2.42. The van der Waals surface area contributed by atoms with E-state index in [0.29, 0.717) is 10.8 Å². The molecule has 0 aromatic carbocycles. The van der Waals surface area contributed by atoms with Crippen molar-refractivity contribution in [1.82, 2.24) is 10.2 Å². The van der Waals surface area contributed by atoms with Gasteiger partial charge in [-0.2, -0.15) is 0 Å². The third kappa shape index (κ3) is 3.33. The Kier molecular flexibility index (Phi) is 4.55.